The van der Waals surface area contributed by atoms with Crippen LogP contribution in [-0.2, 0) is 0 Å². The molecule has 0 fully saturated rings. The predicted molar refractivity (Wildman–Crippen MR) is 79.3 cm³/mol. The fourth-order valence-corrected chi connectivity index (χ4v) is 2.42. The summed E-state index contributed by atoms with van der Waals surface area (Å²) in [5.74, 6) is -2.06. The lowest BCUT2D eigenvalue weighted by atomic mass is 10.1. The molecular weight excluding hydrogens is 329 g/mol. The average molecular weight is 337 g/mol. The topological polar surface area (TPSA) is 34.9 Å². The number of halogens is 4. The van der Waals surface area contributed by atoms with Crippen LogP contribution in [0.3, 0.4) is 0 Å². The van der Waals surface area contributed by atoms with E-state index in [2.05, 4.69) is 5.10 Å². The van der Waals surface area contributed by atoms with Crippen molar-refractivity contribution >= 4 is 17.9 Å². The maximum atomic E-state index is 14.0. The van der Waals surface area contributed by atoms with Gasteiger partial charge >= 0.3 is 0 Å². The number of aldehydes is 1. The average Bonchev–Trinajstić information content (AvgIpc) is 2.84. The van der Waals surface area contributed by atoms with Gasteiger partial charge in [0.2, 0.25) is 0 Å². The first-order valence-electron chi connectivity index (χ1n) is 6.46. The van der Waals surface area contributed by atoms with Gasteiger partial charge in [-0.05, 0) is 36.4 Å². The fraction of sp³-hybridized carbons (Fsp3) is 0. The van der Waals surface area contributed by atoms with Gasteiger partial charge in [0.05, 0.1) is 11.3 Å². The first kappa shape index (κ1) is 15.3. The summed E-state index contributed by atoms with van der Waals surface area (Å²) in [7, 11) is 0. The molecule has 1 heterocycles. The van der Waals surface area contributed by atoms with E-state index in [0.29, 0.717) is 18.0 Å². The normalized spacial score (nSPS) is 10.8. The van der Waals surface area contributed by atoms with Crippen molar-refractivity contribution in [2.75, 3.05) is 0 Å². The Balaban J connectivity index is 2.20. The van der Waals surface area contributed by atoms with Gasteiger partial charge < -0.3 is 0 Å². The molecule has 0 aliphatic carbocycles. The van der Waals surface area contributed by atoms with E-state index < -0.39 is 17.5 Å². The highest BCUT2D eigenvalue weighted by molar-refractivity contribution is 6.32. The highest BCUT2D eigenvalue weighted by Gasteiger charge is 2.21. The second-order valence-corrected chi connectivity index (χ2v) is 5.04. The second kappa shape index (κ2) is 5.89. The monoisotopic (exact) mass is 336 g/mol. The van der Waals surface area contributed by atoms with Gasteiger partial charge in [0.25, 0.3) is 0 Å². The number of hydrogen-bond acceptors (Lipinski definition) is 2. The summed E-state index contributed by atoms with van der Waals surface area (Å²) in [6.07, 6.45) is 0.438. The zero-order chi connectivity index (χ0) is 16.6. The van der Waals surface area contributed by atoms with Crippen LogP contribution >= 0.6 is 11.6 Å². The number of rotatable bonds is 3. The molecule has 0 atom stereocenters. The van der Waals surface area contributed by atoms with E-state index >= 15 is 0 Å². The van der Waals surface area contributed by atoms with Gasteiger partial charge in [0.1, 0.15) is 28.3 Å². The van der Waals surface area contributed by atoms with Crippen LogP contribution in [0.2, 0.25) is 5.15 Å². The summed E-state index contributed by atoms with van der Waals surface area (Å²) < 4.78 is 41.2. The number of nitrogens with zero attached hydrogens (tertiary/aromatic N) is 2. The quantitative estimate of drug-likeness (QED) is 0.663. The molecule has 0 radical (unpaired) electrons. The van der Waals surface area contributed by atoms with Crippen LogP contribution in [0.5, 0.6) is 0 Å². The van der Waals surface area contributed by atoms with Gasteiger partial charge in [-0.2, -0.15) is 5.10 Å². The Morgan fingerprint density at radius 2 is 1.65 bits per heavy atom. The maximum Gasteiger partial charge on any atom is 0.155 e. The summed E-state index contributed by atoms with van der Waals surface area (Å²) in [5, 5.41) is 4.06. The van der Waals surface area contributed by atoms with Gasteiger partial charge in [-0.3, -0.25) is 4.79 Å². The third kappa shape index (κ3) is 2.73. The molecule has 2 aromatic carbocycles. The van der Waals surface area contributed by atoms with Crippen LogP contribution in [0.25, 0.3) is 16.9 Å². The van der Waals surface area contributed by atoms with E-state index in [4.69, 9.17) is 11.6 Å². The Labute approximate surface area is 133 Å². The SMILES string of the molecule is O=Cc1c(-c2ccc(F)cc2F)nn(-c2ccc(F)cc2)c1Cl. The molecular formula is C16H8ClF3N2O. The number of carbonyl (C=O) groups is 1. The second-order valence-electron chi connectivity index (χ2n) is 4.68. The van der Waals surface area contributed by atoms with Crippen molar-refractivity contribution in [1.82, 2.24) is 9.78 Å². The molecule has 3 nitrogen and oxygen atoms in total. The molecule has 23 heavy (non-hydrogen) atoms. The Morgan fingerprint density at radius 3 is 2.26 bits per heavy atom. The van der Waals surface area contributed by atoms with Crippen LogP contribution in [0, 0.1) is 17.5 Å². The summed E-state index contributed by atoms with van der Waals surface area (Å²) in [4.78, 5) is 11.3. The van der Waals surface area contributed by atoms with E-state index in [1.54, 1.807) is 0 Å². The first-order valence-corrected chi connectivity index (χ1v) is 6.84. The Bertz CT molecular complexity index is 891. The molecule has 0 spiro atoms. The van der Waals surface area contributed by atoms with Gasteiger partial charge in [0.15, 0.2) is 6.29 Å². The molecule has 0 aliphatic rings. The summed E-state index contributed by atoms with van der Waals surface area (Å²) in [6.45, 7) is 0. The van der Waals surface area contributed by atoms with Gasteiger partial charge in [-0.15, -0.1) is 0 Å². The van der Waals surface area contributed by atoms with Crippen molar-refractivity contribution in [3.63, 3.8) is 0 Å². The van der Waals surface area contributed by atoms with Gasteiger partial charge in [-0.1, -0.05) is 11.6 Å². The molecule has 7 heteroatoms. The molecule has 0 aliphatic heterocycles. The lowest BCUT2D eigenvalue weighted by Gasteiger charge is -2.02. The van der Waals surface area contributed by atoms with Crippen LogP contribution in [0.4, 0.5) is 13.2 Å². The number of hydrogen-bond donors (Lipinski definition) is 0. The minimum absolute atomic E-state index is 0.0215. The van der Waals surface area contributed by atoms with Crippen molar-refractivity contribution in [3.05, 3.63) is 70.6 Å². The van der Waals surface area contributed by atoms with Crippen molar-refractivity contribution in [2.24, 2.45) is 0 Å². The molecule has 1 aromatic heterocycles. The first-order chi connectivity index (χ1) is 11.0. The van der Waals surface area contributed by atoms with Gasteiger partial charge in [-0.25, -0.2) is 17.9 Å². The minimum atomic E-state index is -0.867. The Kier molecular flexibility index (Phi) is 3.92. The molecule has 116 valence electrons. The number of aromatic nitrogens is 2. The van der Waals surface area contributed by atoms with Crippen molar-refractivity contribution in [1.29, 1.82) is 0 Å². The number of benzene rings is 2. The minimum Gasteiger partial charge on any atom is -0.298 e. The summed E-state index contributed by atoms with van der Waals surface area (Å²) in [6, 6.07) is 8.14. The maximum absolute atomic E-state index is 14.0. The summed E-state index contributed by atoms with van der Waals surface area (Å²) >= 11 is 6.12. The third-order valence-corrected chi connectivity index (χ3v) is 3.60. The lowest BCUT2D eigenvalue weighted by molar-refractivity contribution is 0.112. The Morgan fingerprint density at radius 1 is 1.00 bits per heavy atom. The standard InChI is InChI=1S/C16H8ClF3N2O/c17-16-13(8-23)15(12-6-3-10(19)7-14(12)20)21-22(16)11-4-1-9(18)2-5-11/h1-8H. The van der Waals surface area contributed by atoms with E-state index in [1.165, 1.54) is 35.0 Å². The fourth-order valence-electron chi connectivity index (χ4n) is 2.15. The Hall–Kier alpha value is -2.60. The van der Waals surface area contributed by atoms with E-state index in [9.17, 15) is 18.0 Å². The van der Waals surface area contributed by atoms with Gasteiger partial charge in [0, 0.05) is 11.6 Å². The molecule has 0 bridgehead atoms. The summed E-state index contributed by atoms with van der Waals surface area (Å²) in [5.41, 5.74) is 0.276. The lowest BCUT2D eigenvalue weighted by Crippen LogP contribution is -1.97. The molecule has 0 amide bonds. The van der Waals surface area contributed by atoms with Crippen molar-refractivity contribution in [3.8, 4) is 16.9 Å². The van der Waals surface area contributed by atoms with Crippen LogP contribution in [0.15, 0.2) is 42.5 Å². The third-order valence-electron chi connectivity index (χ3n) is 3.24. The molecule has 0 saturated carbocycles. The van der Waals surface area contributed by atoms with Crippen molar-refractivity contribution < 1.29 is 18.0 Å². The van der Waals surface area contributed by atoms with Crippen LogP contribution in [-0.4, -0.2) is 16.1 Å². The molecule has 0 N–H and O–H groups in total. The van der Waals surface area contributed by atoms with Crippen LogP contribution in [0.1, 0.15) is 10.4 Å². The number of carbonyl (C=O) groups excluding carboxylic acids is 1. The van der Waals surface area contributed by atoms with Crippen LogP contribution < -0.4 is 0 Å². The largest absolute Gasteiger partial charge is 0.298 e. The van der Waals surface area contributed by atoms with E-state index in [-0.39, 0.29) is 22.0 Å². The highest BCUT2D eigenvalue weighted by atomic mass is 35.5. The highest BCUT2D eigenvalue weighted by Crippen LogP contribution is 2.31. The van der Waals surface area contributed by atoms with Crippen molar-refractivity contribution in [2.45, 2.75) is 0 Å². The molecule has 0 saturated heterocycles. The van der Waals surface area contributed by atoms with E-state index in [0.717, 1.165) is 6.07 Å². The molecule has 3 rings (SSSR count). The van der Waals surface area contributed by atoms with E-state index in [1.807, 2.05) is 0 Å². The molecule has 0 unspecified atom stereocenters. The smallest absolute Gasteiger partial charge is 0.155 e. The zero-order valence-electron chi connectivity index (χ0n) is 11.4. The predicted octanol–water partition coefficient (Wildman–Crippen LogP) is 4.42. The zero-order valence-corrected chi connectivity index (χ0v) is 12.2. The molecule has 3 aromatic rings.